The van der Waals surface area contributed by atoms with Crippen LogP contribution in [0.25, 0.3) is 0 Å². The topological polar surface area (TPSA) is 127 Å². The lowest BCUT2D eigenvalue weighted by Crippen LogP contribution is -2.36. The van der Waals surface area contributed by atoms with E-state index in [4.69, 9.17) is 5.73 Å². The molecule has 0 bridgehead atoms. The summed E-state index contributed by atoms with van der Waals surface area (Å²) in [6.45, 7) is 4.18. The van der Waals surface area contributed by atoms with Gasteiger partial charge in [-0.05, 0) is 5.92 Å². The second-order valence-electron chi connectivity index (χ2n) is 5.43. The minimum Gasteiger partial charge on any atom is -0.383 e. The molecule has 0 saturated carbocycles. The second-order valence-corrected chi connectivity index (χ2v) is 7.36. The molecule has 1 aliphatic rings. The van der Waals surface area contributed by atoms with E-state index >= 15 is 0 Å². The van der Waals surface area contributed by atoms with Gasteiger partial charge in [-0.1, -0.05) is 19.9 Å². The summed E-state index contributed by atoms with van der Waals surface area (Å²) in [7, 11) is -3.24. The Morgan fingerprint density at radius 1 is 1.48 bits per heavy atom. The summed E-state index contributed by atoms with van der Waals surface area (Å²) in [5.41, 5.74) is 4.67. The summed E-state index contributed by atoms with van der Waals surface area (Å²) in [4.78, 5) is 25.8. The fraction of sp³-hybridized carbons (Fsp3) is 0.500. The van der Waals surface area contributed by atoms with Crippen LogP contribution < -0.4 is 22.3 Å². The fourth-order valence-electron chi connectivity index (χ4n) is 2.12. The lowest BCUT2D eigenvalue weighted by atomic mass is 10.2. The minimum atomic E-state index is -3.24. The highest BCUT2D eigenvalue weighted by Gasteiger charge is 2.24. The zero-order valence-electron chi connectivity index (χ0n) is 11.8. The average Bonchev–Trinajstić information content (AvgIpc) is 2.69. The number of anilines is 2. The molecule has 2 rings (SSSR count). The van der Waals surface area contributed by atoms with Gasteiger partial charge in [-0.3, -0.25) is 14.3 Å². The molecule has 1 atom stereocenters. The molecule has 9 heteroatoms. The summed E-state index contributed by atoms with van der Waals surface area (Å²) in [5, 5.41) is 3.88. The molecule has 0 spiro atoms. The maximum absolute atomic E-state index is 11.9. The van der Waals surface area contributed by atoms with E-state index in [2.05, 4.69) is 10.3 Å². The number of nitrogens with zero attached hydrogens (tertiary/aromatic N) is 1. The smallest absolute Gasteiger partial charge is 0.330 e. The predicted molar refractivity (Wildman–Crippen MR) is 80.9 cm³/mol. The monoisotopic (exact) mass is 314 g/mol. The van der Waals surface area contributed by atoms with Crippen LogP contribution in [0.5, 0.6) is 0 Å². The van der Waals surface area contributed by atoms with E-state index in [1.807, 2.05) is 13.8 Å². The van der Waals surface area contributed by atoms with E-state index in [0.717, 1.165) is 5.41 Å². The Hall–Kier alpha value is -2.03. The van der Waals surface area contributed by atoms with Crippen LogP contribution >= 0.6 is 0 Å². The zero-order valence-corrected chi connectivity index (χ0v) is 12.6. The molecule has 1 aromatic rings. The number of aromatic nitrogens is 2. The minimum absolute atomic E-state index is 0.00940. The normalized spacial score (nSPS) is 20.0. The van der Waals surface area contributed by atoms with Crippen molar-refractivity contribution in [2.24, 2.45) is 5.92 Å². The van der Waals surface area contributed by atoms with Gasteiger partial charge in [-0.25, -0.2) is 13.2 Å². The molecule has 1 aliphatic heterocycles. The molecule has 0 fully saturated rings. The first-order valence-electron chi connectivity index (χ1n) is 6.49. The summed E-state index contributed by atoms with van der Waals surface area (Å²) >= 11 is 0. The van der Waals surface area contributed by atoms with Crippen molar-refractivity contribution in [2.45, 2.75) is 26.4 Å². The molecule has 0 radical (unpaired) electrons. The lowest BCUT2D eigenvalue weighted by Gasteiger charge is -2.17. The van der Waals surface area contributed by atoms with Crippen LogP contribution in [0.1, 0.15) is 13.8 Å². The molecule has 8 nitrogen and oxygen atoms in total. The molecule has 2 heterocycles. The molecule has 4 N–H and O–H groups in total. The number of nitrogens with two attached hydrogens (primary N) is 1. The Morgan fingerprint density at radius 3 is 2.67 bits per heavy atom. The molecule has 0 amide bonds. The quantitative estimate of drug-likeness (QED) is 0.687. The van der Waals surface area contributed by atoms with Crippen molar-refractivity contribution < 1.29 is 8.42 Å². The van der Waals surface area contributed by atoms with E-state index in [-0.39, 0.29) is 23.2 Å². The first kappa shape index (κ1) is 15.4. The Kier molecular flexibility index (Phi) is 3.95. The highest BCUT2D eigenvalue weighted by Crippen LogP contribution is 2.17. The Labute approximate surface area is 121 Å². The van der Waals surface area contributed by atoms with Crippen molar-refractivity contribution in [3.63, 3.8) is 0 Å². The van der Waals surface area contributed by atoms with Crippen molar-refractivity contribution >= 4 is 21.3 Å². The highest BCUT2D eigenvalue weighted by atomic mass is 32.2. The van der Waals surface area contributed by atoms with Crippen LogP contribution in [-0.4, -0.2) is 29.8 Å². The number of nitrogens with one attached hydrogen (secondary N) is 2. The van der Waals surface area contributed by atoms with Gasteiger partial charge in [0.15, 0.2) is 9.84 Å². The van der Waals surface area contributed by atoms with Crippen molar-refractivity contribution in [1.29, 1.82) is 0 Å². The molecule has 0 aliphatic carbocycles. The van der Waals surface area contributed by atoms with Gasteiger partial charge in [-0.2, -0.15) is 0 Å². The Bertz CT molecular complexity index is 788. The number of sulfone groups is 1. The van der Waals surface area contributed by atoms with Gasteiger partial charge in [0.05, 0.1) is 11.8 Å². The summed E-state index contributed by atoms with van der Waals surface area (Å²) < 4.78 is 24.0. The van der Waals surface area contributed by atoms with Gasteiger partial charge in [-0.15, -0.1) is 0 Å². The van der Waals surface area contributed by atoms with Gasteiger partial charge >= 0.3 is 5.69 Å². The van der Waals surface area contributed by atoms with Gasteiger partial charge in [0.1, 0.15) is 11.5 Å². The average molecular weight is 314 g/mol. The number of H-pyrrole nitrogens is 1. The number of aromatic amines is 1. The van der Waals surface area contributed by atoms with Crippen molar-refractivity contribution in [1.82, 2.24) is 9.55 Å². The summed E-state index contributed by atoms with van der Waals surface area (Å²) in [5.74, 6) is 0.0282. The van der Waals surface area contributed by atoms with Crippen molar-refractivity contribution in [3.8, 4) is 0 Å². The van der Waals surface area contributed by atoms with E-state index in [0.29, 0.717) is 6.54 Å². The number of rotatable bonds is 4. The fourth-order valence-corrected chi connectivity index (χ4v) is 3.36. The largest absolute Gasteiger partial charge is 0.383 e. The molecular formula is C12H18N4O4S. The van der Waals surface area contributed by atoms with E-state index < -0.39 is 27.1 Å². The predicted octanol–water partition coefficient (Wildman–Crippen LogP) is -0.503. The van der Waals surface area contributed by atoms with E-state index in [1.165, 1.54) is 10.6 Å². The first-order chi connectivity index (χ1) is 9.69. The Morgan fingerprint density at radius 2 is 2.14 bits per heavy atom. The van der Waals surface area contributed by atoms with E-state index in [9.17, 15) is 18.0 Å². The third-order valence-electron chi connectivity index (χ3n) is 3.05. The third kappa shape index (κ3) is 3.35. The molecule has 1 aromatic heterocycles. The maximum Gasteiger partial charge on any atom is 0.330 e. The molecular weight excluding hydrogens is 296 g/mol. The molecule has 0 aromatic carbocycles. The Balaban J connectivity index is 2.38. The van der Waals surface area contributed by atoms with Crippen LogP contribution in [0.3, 0.4) is 0 Å². The van der Waals surface area contributed by atoms with Crippen LogP contribution in [0.2, 0.25) is 0 Å². The molecule has 0 saturated heterocycles. The van der Waals surface area contributed by atoms with Gasteiger partial charge < -0.3 is 11.1 Å². The van der Waals surface area contributed by atoms with Crippen molar-refractivity contribution in [2.75, 3.05) is 16.8 Å². The first-order valence-corrected chi connectivity index (χ1v) is 8.21. The van der Waals surface area contributed by atoms with Crippen molar-refractivity contribution in [3.05, 3.63) is 32.3 Å². The SMILES string of the molecule is CC(C)Cn1c(N)c(NC2C=CS(=O)(=O)C2)c(=O)[nH]c1=O. The van der Waals surface area contributed by atoms with E-state index in [1.54, 1.807) is 0 Å². The second kappa shape index (κ2) is 5.40. The maximum atomic E-state index is 11.9. The van der Waals surface area contributed by atoms with Gasteiger partial charge in [0.2, 0.25) is 0 Å². The summed E-state index contributed by atoms with van der Waals surface area (Å²) in [6, 6.07) is -0.539. The van der Waals surface area contributed by atoms with Crippen LogP contribution in [0.15, 0.2) is 21.1 Å². The summed E-state index contributed by atoms with van der Waals surface area (Å²) in [6.07, 6.45) is 1.45. The van der Waals surface area contributed by atoms with Gasteiger partial charge in [0, 0.05) is 12.0 Å². The molecule has 1 unspecified atom stereocenters. The third-order valence-corrected chi connectivity index (χ3v) is 4.44. The number of hydrogen-bond acceptors (Lipinski definition) is 6. The molecule has 116 valence electrons. The number of nitrogen functional groups attached to an aromatic ring is 1. The standard InChI is InChI=1S/C12H18N4O4S/c1-7(2)5-16-10(13)9(11(17)15-12(16)18)14-8-3-4-21(19,20)6-8/h3-4,7-8,14H,5-6,13H2,1-2H3,(H,15,17,18). The lowest BCUT2D eigenvalue weighted by molar-refractivity contribution is 0.508. The van der Waals surface area contributed by atoms with Crippen LogP contribution in [-0.2, 0) is 16.4 Å². The zero-order chi connectivity index (χ0) is 15.8. The highest BCUT2D eigenvalue weighted by molar-refractivity contribution is 7.94. The van der Waals surface area contributed by atoms with Crippen LogP contribution in [0, 0.1) is 5.92 Å². The molecule has 21 heavy (non-hydrogen) atoms. The number of hydrogen-bond donors (Lipinski definition) is 3. The van der Waals surface area contributed by atoms with Gasteiger partial charge in [0.25, 0.3) is 5.56 Å². The van der Waals surface area contributed by atoms with Crippen LogP contribution in [0.4, 0.5) is 11.5 Å².